The van der Waals surface area contributed by atoms with E-state index >= 15 is 0 Å². The number of benzene rings is 1. The van der Waals surface area contributed by atoms with Crippen LogP contribution in [0.1, 0.15) is 56.9 Å². The lowest BCUT2D eigenvalue weighted by Gasteiger charge is -2.39. The first-order valence-electron chi connectivity index (χ1n) is 8.69. The Morgan fingerprint density at radius 3 is 2.57 bits per heavy atom. The first-order valence-corrected chi connectivity index (χ1v) is 8.69. The molecule has 1 N–H and O–H groups in total. The van der Waals surface area contributed by atoms with Crippen LogP contribution in [0.2, 0.25) is 0 Å². The molecule has 0 unspecified atom stereocenters. The predicted molar refractivity (Wildman–Crippen MR) is 87.9 cm³/mol. The van der Waals surface area contributed by atoms with Crippen LogP contribution in [0.5, 0.6) is 0 Å². The maximum absolute atomic E-state index is 12.7. The van der Waals surface area contributed by atoms with Gasteiger partial charge in [-0.15, -0.1) is 0 Å². The van der Waals surface area contributed by atoms with Crippen LogP contribution >= 0.6 is 0 Å². The van der Waals surface area contributed by atoms with E-state index < -0.39 is 0 Å². The van der Waals surface area contributed by atoms with Crippen molar-refractivity contribution in [2.75, 3.05) is 6.61 Å². The average Bonchev–Trinajstić information content (AvgIpc) is 2.80. The van der Waals surface area contributed by atoms with Crippen LogP contribution in [0.15, 0.2) is 30.3 Å². The largest absolute Gasteiger partial charge is 0.466 e. The first kappa shape index (κ1) is 16.0. The Bertz CT molecular complexity index is 563. The third-order valence-electron chi connectivity index (χ3n) is 5.36. The number of hydrogen-bond acceptors (Lipinski definition) is 3. The van der Waals surface area contributed by atoms with Gasteiger partial charge in [0.15, 0.2) is 0 Å². The van der Waals surface area contributed by atoms with Gasteiger partial charge in [-0.25, -0.2) is 0 Å². The van der Waals surface area contributed by atoms with Gasteiger partial charge >= 0.3 is 5.97 Å². The summed E-state index contributed by atoms with van der Waals surface area (Å²) in [4.78, 5) is 24.9. The van der Waals surface area contributed by atoms with E-state index in [0.29, 0.717) is 13.0 Å². The molecular formula is C19H25NO3. The summed E-state index contributed by atoms with van der Waals surface area (Å²) in [5.41, 5.74) is 0.768. The first-order chi connectivity index (χ1) is 11.2. The number of esters is 1. The van der Waals surface area contributed by atoms with Crippen molar-refractivity contribution in [2.24, 2.45) is 5.92 Å². The van der Waals surface area contributed by atoms with E-state index in [1.165, 1.54) is 6.42 Å². The molecule has 3 rings (SSSR count). The number of amides is 1. The lowest BCUT2D eigenvalue weighted by atomic mass is 9.68. The Morgan fingerprint density at radius 2 is 1.91 bits per heavy atom. The Morgan fingerprint density at radius 1 is 1.22 bits per heavy atom. The van der Waals surface area contributed by atoms with Gasteiger partial charge in [-0.05, 0) is 25.3 Å². The fourth-order valence-corrected chi connectivity index (χ4v) is 4.35. The van der Waals surface area contributed by atoms with E-state index in [2.05, 4.69) is 5.32 Å². The highest BCUT2D eigenvalue weighted by atomic mass is 16.5. The van der Waals surface area contributed by atoms with E-state index in [-0.39, 0.29) is 29.3 Å². The minimum absolute atomic E-state index is 0.0169. The van der Waals surface area contributed by atoms with Gasteiger partial charge in [-0.3, -0.25) is 9.59 Å². The highest BCUT2D eigenvalue weighted by Crippen LogP contribution is 2.48. The van der Waals surface area contributed by atoms with Crippen molar-refractivity contribution in [1.82, 2.24) is 5.32 Å². The van der Waals surface area contributed by atoms with E-state index in [1.807, 2.05) is 37.3 Å². The summed E-state index contributed by atoms with van der Waals surface area (Å²) in [5, 5.41) is 3.27. The molecule has 4 nitrogen and oxygen atoms in total. The second kappa shape index (κ2) is 6.73. The highest BCUT2D eigenvalue weighted by molar-refractivity contribution is 5.89. The molecule has 124 valence electrons. The third-order valence-corrected chi connectivity index (χ3v) is 5.36. The predicted octanol–water partition coefficient (Wildman–Crippen LogP) is 3.17. The zero-order valence-electron chi connectivity index (χ0n) is 13.7. The highest BCUT2D eigenvalue weighted by Gasteiger charge is 2.54. The van der Waals surface area contributed by atoms with E-state index in [1.54, 1.807) is 0 Å². The van der Waals surface area contributed by atoms with Crippen molar-refractivity contribution in [3.8, 4) is 0 Å². The zero-order valence-corrected chi connectivity index (χ0v) is 13.7. The van der Waals surface area contributed by atoms with Crippen LogP contribution in [0.3, 0.4) is 0 Å². The van der Waals surface area contributed by atoms with Crippen LogP contribution in [-0.4, -0.2) is 24.0 Å². The Labute approximate surface area is 137 Å². The van der Waals surface area contributed by atoms with E-state index in [4.69, 9.17) is 4.74 Å². The molecule has 0 aromatic heterocycles. The molecule has 1 heterocycles. The topological polar surface area (TPSA) is 55.4 Å². The number of carbonyl (C=O) groups is 2. The average molecular weight is 315 g/mol. The molecule has 1 aromatic rings. The molecule has 2 aliphatic rings. The van der Waals surface area contributed by atoms with Gasteiger partial charge in [-0.2, -0.15) is 0 Å². The third kappa shape index (κ3) is 3.12. The smallest absolute Gasteiger partial charge is 0.306 e. The van der Waals surface area contributed by atoms with Gasteiger partial charge in [0, 0.05) is 11.5 Å². The molecule has 2 fully saturated rings. The quantitative estimate of drug-likeness (QED) is 0.868. The monoisotopic (exact) mass is 315 g/mol. The molecule has 23 heavy (non-hydrogen) atoms. The minimum atomic E-state index is -0.251. The normalized spacial score (nSPS) is 26.0. The number of ether oxygens (including phenoxy) is 1. The molecule has 2 atom stereocenters. The van der Waals surface area contributed by atoms with Crippen molar-refractivity contribution >= 4 is 11.9 Å². The molecule has 0 bridgehead atoms. The van der Waals surface area contributed by atoms with Crippen LogP contribution in [0.25, 0.3) is 0 Å². The van der Waals surface area contributed by atoms with Crippen LogP contribution in [0, 0.1) is 5.92 Å². The van der Waals surface area contributed by atoms with Crippen molar-refractivity contribution in [1.29, 1.82) is 0 Å². The molecule has 1 saturated heterocycles. The summed E-state index contributed by atoms with van der Waals surface area (Å²) in [7, 11) is 0. The second-order valence-electron chi connectivity index (χ2n) is 6.71. The van der Waals surface area contributed by atoms with Crippen LogP contribution in [-0.2, 0) is 14.3 Å². The standard InChI is InChI=1S/C19H25NO3/c1-2-23-16(21)13-15-17(14-9-5-3-6-10-14)18(22)20-19(15)11-7-4-8-12-19/h3,5-6,9-10,15,17H,2,4,7-8,11-13H2,1H3,(H,20,22)/t15-,17-/m1/s1. The summed E-state index contributed by atoms with van der Waals surface area (Å²) < 4.78 is 5.18. The summed E-state index contributed by atoms with van der Waals surface area (Å²) >= 11 is 0. The van der Waals surface area contributed by atoms with Gasteiger partial charge in [0.2, 0.25) is 5.91 Å². The molecule has 0 radical (unpaired) electrons. The fourth-order valence-electron chi connectivity index (χ4n) is 4.35. The van der Waals surface area contributed by atoms with Gasteiger partial charge in [0.1, 0.15) is 0 Å². The van der Waals surface area contributed by atoms with Crippen LogP contribution in [0.4, 0.5) is 0 Å². The van der Waals surface area contributed by atoms with E-state index in [9.17, 15) is 9.59 Å². The molecule has 1 amide bonds. The summed E-state index contributed by atoms with van der Waals surface area (Å²) in [6, 6.07) is 9.84. The Balaban J connectivity index is 1.92. The van der Waals surface area contributed by atoms with Crippen molar-refractivity contribution in [3.63, 3.8) is 0 Å². The SMILES string of the molecule is CCOC(=O)C[C@@H]1[C@@H](c2ccccc2)C(=O)NC12CCCCC2. The Hall–Kier alpha value is -1.84. The number of carbonyl (C=O) groups excluding carboxylic acids is 2. The van der Waals surface area contributed by atoms with E-state index in [0.717, 1.165) is 31.2 Å². The molecule has 1 aromatic carbocycles. The lowest BCUT2D eigenvalue weighted by Crippen LogP contribution is -2.48. The fraction of sp³-hybridized carbons (Fsp3) is 0.579. The summed E-state index contributed by atoms with van der Waals surface area (Å²) in [6.45, 7) is 2.21. The van der Waals surface area contributed by atoms with Crippen molar-refractivity contribution < 1.29 is 14.3 Å². The second-order valence-corrected chi connectivity index (χ2v) is 6.71. The number of nitrogens with one attached hydrogen (secondary N) is 1. The molecule has 1 aliphatic carbocycles. The maximum atomic E-state index is 12.7. The van der Waals surface area contributed by atoms with Crippen molar-refractivity contribution in [3.05, 3.63) is 35.9 Å². The molecule has 1 aliphatic heterocycles. The Kier molecular flexibility index (Phi) is 4.69. The van der Waals surface area contributed by atoms with Gasteiger partial charge in [-0.1, -0.05) is 49.6 Å². The molecular weight excluding hydrogens is 290 g/mol. The van der Waals surface area contributed by atoms with Gasteiger partial charge < -0.3 is 10.1 Å². The number of hydrogen-bond donors (Lipinski definition) is 1. The van der Waals surface area contributed by atoms with Crippen molar-refractivity contribution in [2.45, 2.75) is 56.9 Å². The summed E-state index contributed by atoms with van der Waals surface area (Å²) in [6.07, 6.45) is 5.67. The number of rotatable bonds is 4. The summed E-state index contributed by atoms with van der Waals surface area (Å²) in [5.74, 6) is -0.400. The lowest BCUT2D eigenvalue weighted by molar-refractivity contribution is -0.145. The minimum Gasteiger partial charge on any atom is -0.466 e. The van der Waals surface area contributed by atoms with Gasteiger partial charge in [0.05, 0.1) is 18.9 Å². The zero-order chi connectivity index (χ0) is 16.3. The molecule has 4 heteroatoms. The molecule has 1 spiro atoms. The van der Waals surface area contributed by atoms with Crippen LogP contribution < -0.4 is 5.32 Å². The molecule has 1 saturated carbocycles. The van der Waals surface area contributed by atoms with Gasteiger partial charge in [0.25, 0.3) is 0 Å². The maximum Gasteiger partial charge on any atom is 0.306 e.